The second-order valence-electron chi connectivity index (χ2n) is 4.29. The zero-order valence-electron chi connectivity index (χ0n) is 7.43. The number of hydrogen-bond acceptors (Lipinski definition) is 2. The van der Waals surface area contributed by atoms with E-state index in [1.165, 1.54) is 0 Å². The van der Waals surface area contributed by atoms with Crippen molar-refractivity contribution >= 4 is 0 Å². The van der Waals surface area contributed by atoms with Crippen molar-refractivity contribution in [3.05, 3.63) is 0 Å². The Kier molecular flexibility index (Phi) is 2.09. The van der Waals surface area contributed by atoms with Gasteiger partial charge in [-0.25, -0.2) is 4.39 Å². The fraction of sp³-hybridized carbons (Fsp3) is 1.00. The molecule has 1 saturated carbocycles. The smallest absolute Gasteiger partial charge is 0.123 e. The highest BCUT2D eigenvalue weighted by Gasteiger charge is 2.44. The molecule has 0 aromatic carbocycles. The Morgan fingerprint density at radius 1 is 1.50 bits per heavy atom. The lowest BCUT2D eigenvalue weighted by Crippen LogP contribution is -2.45. The molecule has 1 saturated heterocycles. The molecule has 0 bridgehead atoms. The zero-order chi connectivity index (χ0) is 8.60. The average molecular weight is 172 g/mol. The number of nitrogens with zero attached hydrogens (tertiary/aromatic N) is 1. The molecule has 2 nitrogen and oxygen atoms in total. The fourth-order valence-electron chi connectivity index (χ4n) is 1.93. The van der Waals surface area contributed by atoms with Crippen LogP contribution >= 0.6 is 0 Å². The van der Waals surface area contributed by atoms with Crippen LogP contribution in [0.3, 0.4) is 0 Å². The number of likely N-dealkylation sites (tertiary alicyclic amines) is 1. The van der Waals surface area contributed by atoms with E-state index in [1.54, 1.807) is 0 Å². The fourth-order valence-corrected chi connectivity index (χ4v) is 1.93. The molecule has 2 aliphatic rings. The van der Waals surface area contributed by atoms with E-state index in [9.17, 15) is 4.39 Å². The first-order valence-corrected chi connectivity index (χ1v) is 4.85. The van der Waals surface area contributed by atoms with Crippen LogP contribution in [-0.2, 0) is 0 Å². The predicted molar refractivity (Wildman–Crippen MR) is 46.7 cm³/mol. The lowest BCUT2D eigenvalue weighted by atomic mass is 10.1. The molecule has 70 valence electrons. The van der Waals surface area contributed by atoms with Gasteiger partial charge in [-0.05, 0) is 32.2 Å². The Morgan fingerprint density at radius 2 is 2.25 bits per heavy atom. The summed E-state index contributed by atoms with van der Waals surface area (Å²) in [6, 6.07) is 0.279. The Labute approximate surface area is 72.9 Å². The maximum absolute atomic E-state index is 13.3. The SMILES string of the molecule is NC1CCCN(CC2(F)CC2)C1. The Hall–Kier alpha value is -0.150. The number of hydrogen-bond donors (Lipinski definition) is 1. The van der Waals surface area contributed by atoms with E-state index in [2.05, 4.69) is 4.90 Å². The number of rotatable bonds is 2. The number of nitrogens with two attached hydrogens (primary N) is 1. The van der Waals surface area contributed by atoms with E-state index in [1.807, 2.05) is 0 Å². The van der Waals surface area contributed by atoms with Gasteiger partial charge in [0.2, 0.25) is 0 Å². The molecule has 2 rings (SSSR count). The van der Waals surface area contributed by atoms with Gasteiger partial charge in [-0.15, -0.1) is 0 Å². The third kappa shape index (κ3) is 1.96. The molecule has 2 fully saturated rings. The topological polar surface area (TPSA) is 29.3 Å². The van der Waals surface area contributed by atoms with Gasteiger partial charge in [0.05, 0.1) is 0 Å². The van der Waals surface area contributed by atoms with Gasteiger partial charge in [0.15, 0.2) is 0 Å². The molecule has 0 radical (unpaired) electrons. The summed E-state index contributed by atoms with van der Waals surface area (Å²) in [6.07, 6.45) is 3.77. The molecule has 1 heterocycles. The molecule has 3 heteroatoms. The standard InChI is InChI=1S/C9H17FN2/c10-9(3-4-9)7-12-5-1-2-8(11)6-12/h8H,1-7,11H2. The largest absolute Gasteiger partial charge is 0.327 e. The van der Waals surface area contributed by atoms with Crippen molar-refractivity contribution in [2.75, 3.05) is 19.6 Å². The van der Waals surface area contributed by atoms with Crippen LogP contribution in [-0.4, -0.2) is 36.2 Å². The van der Waals surface area contributed by atoms with Crippen molar-refractivity contribution in [2.24, 2.45) is 5.73 Å². The second-order valence-corrected chi connectivity index (χ2v) is 4.29. The van der Waals surface area contributed by atoms with Crippen LogP contribution in [0.4, 0.5) is 4.39 Å². The normalized spacial score (nSPS) is 35.0. The van der Waals surface area contributed by atoms with Crippen LogP contribution in [0.1, 0.15) is 25.7 Å². The van der Waals surface area contributed by atoms with E-state index < -0.39 is 5.67 Å². The molecule has 1 aliphatic heterocycles. The molecular formula is C9H17FN2. The summed E-state index contributed by atoms with van der Waals surface area (Å²) in [6.45, 7) is 2.56. The summed E-state index contributed by atoms with van der Waals surface area (Å²) in [5.41, 5.74) is 4.96. The molecule has 0 aromatic rings. The Morgan fingerprint density at radius 3 is 2.83 bits per heavy atom. The molecule has 2 N–H and O–H groups in total. The van der Waals surface area contributed by atoms with E-state index in [4.69, 9.17) is 5.73 Å². The van der Waals surface area contributed by atoms with Gasteiger partial charge in [-0.2, -0.15) is 0 Å². The minimum atomic E-state index is -0.836. The third-order valence-electron chi connectivity index (χ3n) is 2.84. The van der Waals surface area contributed by atoms with E-state index in [-0.39, 0.29) is 6.04 Å². The maximum Gasteiger partial charge on any atom is 0.123 e. The van der Waals surface area contributed by atoms with Crippen molar-refractivity contribution < 1.29 is 4.39 Å². The summed E-state index contributed by atoms with van der Waals surface area (Å²) in [5, 5.41) is 0. The molecule has 1 atom stereocenters. The van der Waals surface area contributed by atoms with Gasteiger partial charge in [0.25, 0.3) is 0 Å². The van der Waals surface area contributed by atoms with Crippen molar-refractivity contribution in [3.8, 4) is 0 Å². The van der Waals surface area contributed by atoms with Crippen molar-refractivity contribution in [3.63, 3.8) is 0 Å². The first-order valence-electron chi connectivity index (χ1n) is 4.85. The van der Waals surface area contributed by atoms with Gasteiger partial charge < -0.3 is 5.73 Å². The van der Waals surface area contributed by atoms with Gasteiger partial charge in [0, 0.05) is 19.1 Å². The summed E-state index contributed by atoms with van der Waals surface area (Å²) < 4.78 is 13.3. The number of alkyl halides is 1. The van der Waals surface area contributed by atoms with Gasteiger partial charge in [-0.1, -0.05) is 0 Å². The van der Waals surface area contributed by atoms with Crippen LogP contribution in [0.15, 0.2) is 0 Å². The van der Waals surface area contributed by atoms with Gasteiger partial charge in [0.1, 0.15) is 5.67 Å². The molecule has 1 unspecified atom stereocenters. The highest BCUT2D eigenvalue weighted by molar-refractivity contribution is 4.97. The second kappa shape index (κ2) is 2.96. The molecule has 0 aromatic heterocycles. The lowest BCUT2D eigenvalue weighted by molar-refractivity contribution is 0.143. The first kappa shape index (κ1) is 8.45. The monoisotopic (exact) mass is 172 g/mol. The van der Waals surface area contributed by atoms with Crippen molar-refractivity contribution in [1.82, 2.24) is 4.90 Å². The minimum absolute atomic E-state index is 0.279. The average Bonchev–Trinajstić information content (AvgIpc) is 2.67. The van der Waals surface area contributed by atoms with Gasteiger partial charge >= 0.3 is 0 Å². The lowest BCUT2D eigenvalue weighted by Gasteiger charge is -2.31. The Balaban J connectivity index is 1.79. The summed E-state index contributed by atoms with van der Waals surface area (Å²) in [5.74, 6) is 0. The minimum Gasteiger partial charge on any atom is -0.327 e. The van der Waals surface area contributed by atoms with E-state index in [0.717, 1.165) is 38.8 Å². The van der Waals surface area contributed by atoms with Gasteiger partial charge in [-0.3, -0.25) is 4.90 Å². The first-order chi connectivity index (χ1) is 5.68. The summed E-state index contributed by atoms with van der Waals surface area (Å²) >= 11 is 0. The summed E-state index contributed by atoms with van der Waals surface area (Å²) in [4.78, 5) is 2.18. The molecule has 1 aliphatic carbocycles. The highest BCUT2D eigenvalue weighted by Crippen LogP contribution is 2.40. The Bertz CT molecular complexity index is 168. The van der Waals surface area contributed by atoms with E-state index >= 15 is 0 Å². The van der Waals surface area contributed by atoms with Crippen molar-refractivity contribution in [1.29, 1.82) is 0 Å². The molecule has 0 amide bonds. The number of piperidine rings is 1. The van der Waals surface area contributed by atoms with E-state index in [0.29, 0.717) is 6.54 Å². The predicted octanol–water partition coefficient (Wildman–Crippen LogP) is 0.912. The van der Waals surface area contributed by atoms with Crippen LogP contribution in [0.5, 0.6) is 0 Å². The molecule has 0 spiro atoms. The van der Waals surface area contributed by atoms with Crippen LogP contribution in [0.25, 0.3) is 0 Å². The quantitative estimate of drug-likeness (QED) is 0.671. The van der Waals surface area contributed by atoms with Crippen LogP contribution in [0, 0.1) is 0 Å². The molecule has 12 heavy (non-hydrogen) atoms. The zero-order valence-corrected chi connectivity index (χ0v) is 7.43. The third-order valence-corrected chi connectivity index (χ3v) is 2.84. The van der Waals surface area contributed by atoms with Crippen LogP contribution in [0.2, 0.25) is 0 Å². The number of halogens is 1. The highest BCUT2D eigenvalue weighted by atomic mass is 19.1. The molecular weight excluding hydrogens is 155 g/mol. The van der Waals surface area contributed by atoms with Crippen LogP contribution < -0.4 is 5.73 Å². The summed E-state index contributed by atoms with van der Waals surface area (Å²) in [7, 11) is 0. The maximum atomic E-state index is 13.3. The van der Waals surface area contributed by atoms with Crippen molar-refractivity contribution in [2.45, 2.75) is 37.4 Å².